The fourth-order valence-electron chi connectivity index (χ4n) is 2.89. The number of nitrogens with one attached hydrogen (secondary N) is 1. The molecule has 0 saturated carbocycles. The van der Waals surface area contributed by atoms with Crippen LogP contribution in [0.3, 0.4) is 0 Å². The second-order valence-electron chi connectivity index (χ2n) is 5.48. The van der Waals surface area contributed by atoms with Crippen LogP contribution in [-0.2, 0) is 12.8 Å². The van der Waals surface area contributed by atoms with E-state index < -0.39 is 0 Å². The summed E-state index contributed by atoms with van der Waals surface area (Å²) in [6.07, 6.45) is 2.07. The zero-order valence-corrected chi connectivity index (χ0v) is 11.0. The maximum atomic E-state index is 9.30. The summed E-state index contributed by atoms with van der Waals surface area (Å²) in [5.74, 6) is 0.428. The minimum absolute atomic E-state index is 0.306. The molecule has 0 spiro atoms. The van der Waals surface area contributed by atoms with Crippen molar-refractivity contribution in [3.63, 3.8) is 0 Å². The van der Waals surface area contributed by atoms with Gasteiger partial charge in [-0.1, -0.05) is 32.0 Å². The van der Waals surface area contributed by atoms with Gasteiger partial charge in [0.15, 0.2) is 0 Å². The molecule has 0 amide bonds. The number of aliphatic hydroxyl groups excluding tert-OH is 1. The summed E-state index contributed by atoms with van der Waals surface area (Å²) >= 11 is 0. The summed E-state index contributed by atoms with van der Waals surface area (Å²) < 4.78 is 0. The Bertz CT molecular complexity index is 387. The van der Waals surface area contributed by atoms with E-state index in [-0.39, 0.29) is 0 Å². The van der Waals surface area contributed by atoms with Gasteiger partial charge in [0.1, 0.15) is 0 Å². The van der Waals surface area contributed by atoms with Gasteiger partial charge >= 0.3 is 0 Å². The highest BCUT2D eigenvalue weighted by Gasteiger charge is 2.24. The summed E-state index contributed by atoms with van der Waals surface area (Å²) in [5, 5.41) is 12.9. The first-order valence-corrected chi connectivity index (χ1v) is 6.59. The lowest BCUT2D eigenvalue weighted by Crippen LogP contribution is -2.26. The lowest BCUT2D eigenvalue weighted by Gasteiger charge is -2.20. The second kappa shape index (κ2) is 5.19. The van der Waals surface area contributed by atoms with Gasteiger partial charge in [0, 0.05) is 18.7 Å². The molecule has 1 aromatic rings. The summed E-state index contributed by atoms with van der Waals surface area (Å²) in [6, 6.07) is 7.46. The Morgan fingerprint density at radius 3 is 2.71 bits per heavy atom. The van der Waals surface area contributed by atoms with Crippen LogP contribution in [0.4, 0.5) is 0 Å². The highest BCUT2D eigenvalue weighted by Crippen LogP contribution is 2.32. The SMILES string of the molecule is CC(C)N[C@H](C)c1cccc2c1CC(CO)C2. The maximum absolute atomic E-state index is 9.30. The first-order chi connectivity index (χ1) is 8.11. The van der Waals surface area contributed by atoms with E-state index in [4.69, 9.17) is 0 Å². The summed E-state index contributed by atoms with van der Waals surface area (Å²) in [4.78, 5) is 0. The van der Waals surface area contributed by atoms with E-state index >= 15 is 0 Å². The Hall–Kier alpha value is -0.860. The van der Waals surface area contributed by atoms with Crippen molar-refractivity contribution >= 4 is 0 Å². The van der Waals surface area contributed by atoms with E-state index in [1.807, 2.05) is 0 Å². The smallest absolute Gasteiger partial charge is 0.0465 e. The maximum Gasteiger partial charge on any atom is 0.0465 e. The van der Waals surface area contributed by atoms with Crippen molar-refractivity contribution in [1.29, 1.82) is 0 Å². The predicted octanol–water partition coefficient (Wildman–Crippen LogP) is 2.45. The molecule has 0 bridgehead atoms. The van der Waals surface area contributed by atoms with Gasteiger partial charge in [-0.25, -0.2) is 0 Å². The molecule has 17 heavy (non-hydrogen) atoms. The van der Waals surface area contributed by atoms with Crippen molar-refractivity contribution in [3.05, 3.63) is 34.9 Å². The third kappa shape index (κ3) is 2.70. The lowest BCUT2D eigenvalue weighted by atomic mass is 9.97. The van der Waals surface area contributed by atoms with Gasteiger partial charge in [-0.2, -0.15) is 0 Å². The van der Waals surface area contributed by atoms with E-state index in [0.29, 0.717) is 24.6 Å². The zero-order valence-electron chi connectivity index (χ0n) is 11.0. The van der Waals surface area contributed by atoms with Gasteiger partial charge in [0.05, 0.1) is 0 Å². The predicted molar refractivity (Wildman–Crippen MR) is 71.1 cm³/mol. The number of aliphatic hydroxyl groups is 1. The van der Waals surface area contributed by atoms with E-state index in [0.717, 1.165) is 12.8 Å². The molecule has 0 radical (unpaired) electrons. The van der Waals surface area contributed by atoms with Crippen molar-refractivity contribution in [2.24, 2.45) is 5.92 Å². The monoisotopic (exact) mass is 233 g/mol. The fraction of sp³-hybridized carbons (Fsp3) is 0.600. The van der Waals surface area contributed by atoms with E-state index in [1.54, 1.807) is 0 Å². The average Bonchev–Trinajstić information content (AvgIpc) is 2.70. The third-order valence-corrected chi connectivity index (χ3v) is 3.62. The van der Waals surface area contributed by atoms with Crippen molar-refractivity contribution in [1.82, 2.24) is 5.32 Å². The molecule has 2 nitrogen and oxygen atoms in total. The van der Waals surface area contributed by atoms with Gasteiger partial charge < -0.3 is 10.4 Å². The van der Waals surface area contributed by atoms with Crippen molar-refractivity contribution in [3.8, 4) is 0 Å². The highest BCUT2D eigenvalue weighted by atomic mass is 16.3. The Labute approximate surface area is 104 Å². The molecule has 0 aliphatic heterocycles. The van der Waals surface area contributed by atoms with Crippen molar-refractivity contribution in [2.75, 3.05) is 6.61 Å². The molecule has 2 rings (SSSR count). The molecule has 0 fully saturated rings. The molecular formula is C15H23NO. The molecular weight excluding hydrogens is 210 g/mol. The Morgan fingerprint density at radius 1 is 1.29 bits per heavy atom. The molecule has 1 unspecified atom stereocenters. The van der Waals surface area contributed by atoms with E-state index in [9.17, 15) is 5.11 Å². The Balaban J connectivity index is 2.23. The Morgan fingerprint density at radius 2 is 2.06 bits per heavy atom. The van der Waals surface area contributed by atoms with Gasteiger partial charge in [0.25, 0.3) is 0 Å². The molecule has 94 valence electrons. The largest absolute Gasteiger partial charge is 0.396 e. The summed E-state index contributed by atoms with van der Waals surface area (Å²) in [7, 11) is 0. The number of rotatable bonds is 4. The quantitative estimate of drug-likeness (QED) is 0.837. The number of benzene rings is 1. The van der Waals surface area contributed by atoms with Crippen molar-refractivity contribution < 1.29 is 5.11 Å². The normalized spacial score (nSPS) is 20.6. The number of hydrogen-bond acceptors (Lipinski definition) is 2. The molecule has 0 heterocycles. The first-order valence-electron chi connectivity index (χ1n) is 6.59. The van der Waals surface area contributed by atoms with Crippen LogP contribution in [0.1, 0.15) is 43.5 Å². The van der Waals surface area contributed by atoms with Gasteiger partial charge in [0.2, 0.25) is 0 Å². The van der Waals surface area contributed by atoms with Crippen LogP contribution in [0.2, 0.25) is 0 Å². The molecule has 2 atom stereocenters. The number of fused-ring (bicyclic) bond motifs is 1. The molecule has 1 aliphatic rings. The van der Waals surface area contributed by atoms with Crippen LogP contribution in [0.25, 0.3) is 0 Å². The van der Waals surface area contributed by atoms with Crippen molar-refractivity contribution in [2.45, 2.75) is 45.7 Å². The van der Waals surface area contributed by atoms with Crippen LogP contribution < -0.4 is 5.32 Å². The van der Waals surface area contributed by atoms with Gasteiger partial charge in [-0.15, -0.1) is 0 Å². The Kier molecular flexibility index (Phi) is 3.85. The fourth-order valence-corrected chi connectivity index (χ4v) is 2.89. The molecule has 2 heteroatoms. The molecule has 0 saturated heterocycles. The number of hydrogen-bond donors (Lipinski definition) is 2. The van der Waals surface area contributed by atoms with E-state index in [2.05, 4.69) is 44.3 Å². The third-order valence-electron chi connectivity index (χ3n) is 3.62. The summed E-state index contributed by atoms with van der Waals surface area (Å²) in [5.41, 5.74) is 4.30. The van der Waals surface area contributed by atoms with Crippen LogP contribution in [0.5, 0.6) is 0 Å². The minimum Gasteiger partial charge on any atom is -0.396 e. The molecule has 1 aromatic carbocycles. The van der Waals surface area contributed by atoms with Crippen LogP contribution in [-0.4, -0.2) is 17.8 Å². The molecule has 2 N–H and O–H groups in total. The average molecular weight is 233 g/mol. The van der Waals surface area contributed by atoms with Crippen LogP contribution >= 0.6 is 0 Å². The van der Waals surface area contributed by atoms with E-state index in [1.165, 1.54) is 16.7 Å². The lowest BCUT2D eigenvalue weighted by molar-refractivity contribution is 0.232. The topological polar surface area (TPSA) is 32.3 Å². The summed E-state index contributed by atoms with van der Waals surface area (Å²) in [6.45, 7) is 6.88. The minimum atomic E-state index is 0.306. The zero-order chi connectivity index (χ0) is 12.4. The van der Waals surface area contributed by atoms with Crippen LogP contribution in [0.15, 0.2) is 18.2 Å². The highest BCUT2D eigenvalue weighted by molar-refractivity contribution is 5.41. The van der Waals surface area contributed by atoms with Gasteiger partial charge in [-0.05, 0) is 42.4 Å². The van der Waals surface area contributed by atoms with Gasteiger partial charge in [-0.3, -0.25) is 0 Å². The molecule has 0 aromatic heterocycles. The standard InChI is InChI=1S/C15H23NO/c1-10(2)16-11(3)14-6-4-5-13-7-12(9-17)8-15(13)14/h4-6,10-12,16-17H,7-9H2,1-3H3/t11-,12?/m1/s1. The van der Waals surface area contributed by atoms with Crippen LogP contribution in [0, 0.1) is 5.92 Å². The molecule has 1 aliphatic carbocycles. The first kappa shape index (κ1) is 12.6. The second-order valence-corrected chi connectivity index (χ2v) is 5.48.